The Hall–Kier alpha value is -3.21. The molecule has 1 aromatic heterocycles. The van der Waals surface area contributed by atoms with Gasteiger partial charge in [-0.15, -0.1) is 0 Å². The van der Waals surface area contributed by atoms with Gasteiger partial charge in [-0.1, -0.05) is 18.2 Å². The van der Waals surface area contributed by atoms with E-state index in [9.17, 15) is 17.6 Å². The molecule has 1 fully saturated rings. The Kier molecular flexibility index (Phi) is 6.59. The van der Waals surface area contributed by atoms with Gasteiger partial charge in [0.05, 0.1) is 30.1 Å². The van der Waals surface area contributed by atoms with Gasteiger partial charge in [-0.3, -0.25) is 4.98 Å². The number of nitrogens with one attached hydrogen (secondary N) is 2. The largest absolute Gasteiger partial charge is 0.484 e. The van der Waals surface area contributed by atoms with Gasteiger partial charge in [0.25, 0.3) is 0 Å². The van der Waals surface area contributed by atoms with E-state index < -0.39 is 18.6 Å². The third-order valence-electron chi connectivity index (χ3n) is 6.63. The molecule has 1 aliphatic carbocycles. The predicted octanol–water partition coefficient (Wildman–Crippen LogP) is 4.52. The zero-order chi connectivity index (χ0) is 25.3. The fourth-order valence-electron chi connectivity index (χ4n) is 4.86. The Balaban J connectivity index is 1.34. The SMILES string of the molecule is OCOCc1ccncc1NC1CC12NCCc1cc(-c3ccc(OCC(F)(F)F)cc3F)ccc12. The third kappa shape index (κ3) is 5.02. The Bertz CT molecular complexity index is 1250. The minimum Gasteiger partial charge on any atom is -0.484 e. The quantitative estimate of drug-likeness (QED) is 0.310. The van der Waals surface area contributed by atoms with E-state index in [1.165, 1.54) is 12.1 Å². The Labute approximate surface area is 205 Å². The number of alkyl halides is 3. The van der Waals surface area contributed by atoms with Crippen LogP contribution in [0.1, 0.15) is 23.1 Å². The minimum absolute atomic E-state index is 0.112. The first-order valence-corrected chi connectivity index (χ1v) is 11.5. The smallest absolute Gasteiger partial charge is 0.422 e. The van der Waals surface area contributed by atoms with Gasteiger partial charge in [0.2, 0.25) is 0 Å². The van der Waals surface area contributed by atoms with Gasteiger partial charge in [0.15, 0.2) is 6.61 Å². The fraction of sp³-hybridized carbons (Fsp3) is 0.346. The molecule has 10 heteroatoms. The van der Waals surface area contributed by atoms with E-state index in [2.05, 4.69) is 20.4 Å². The molecule has 2 heterocycles. The Morgan fingerprint density at radius 3 is 2.81 bits per heavy atom. The monoisotopic (exact) mass is 503 g/mol. The molecule has 5 rings (SSSR count). The molecule has 1 aliphatic heterocycles. The van der Waals surface area contributed by atoms with Crippen molar-refractivity contribution < 1.29 is 32.1 Å². The number of ether oxygens (including phenoxy) is 2. The Morgan fingerprint density at radius 2 is 2.03 bits per heavy atom. The number of hydrogen-bond acceptors (Lipinski definition) is 6. The molecule has 0 saturated heterocycles. The average Bonchev–Trinajstić information content (AvgIpc) is 3.53. The van der Waals surface area contributed by atoms with Crippen LogP contribution in [0.25, 0.3) is 11.1 Å². The van der Waals surface area contributed by atoms with Gasteiger partial charge in [-0.2, -0.15) is 13.2 Å². The number of rotatable bonds is 8. The lowest BCUT2D eigenvalue weighted by molar-refractivity contribution is -0.153. The molecule has 0 bridgehead atoms. The highest BCUT2D eigenvalue weighted by atomic mass is 19.4. The summed E-state index contributed by atoms with van der Waals surface area (Å²) in [6.45, 7) is -0.810. The summed E-state index contributed by atoms with van der Waals surface area (Å²) >= 11 is 0. The van der Waals surface area contributed by atoms with Crippen LogP contribution in [0, 0.1) is 5.82 Å². The molecule has 3 aromatic rings. The highest BCUT2D eigenvalue weighted by molar-refractivity contribution is 5.68. The summed E-state index contributed by atoms with van der Waals surface area (Å²) in [6.07, 6.45) is 0.551. The fourth-order valence-corrected chi connectivity index (χ4v) is 4.86. The maximum absolute atomic E-state index is 14.8. The first-order valence-electron chi connectivity index (χ1n) is 11.5. The van der Waals surface area contributed by atoms with E-state index in [1.807, 2.05) is 24.3 Å². The molecule has 6 nitrogen and oxygen atoms in total. The second-order valence-electron chi connectivity index (χ2n) is 8.98. The number of hydrogen-bond donors (Lipinski definition) is 3. The van der Waals surface area contributed by atoms with Crippen LogP contribution in [-0.4, -0.2) is 42.3 Å². The van der Waals surface area contributed by atoms with Crippen LogP contribution >= 0.6 is 0 Å². The minimum atomic E-state index is -4.49. The normalized spacial score (nSPS) is 20.8. The van der Waals surface area contributed by atoms with Crippen molar-refractivity contribution in [2.45, 2.75) is 37.2 Å². The summed E-state index contributed by atoms with van der Waals surface area (Å²) in [5, 5.41) is 16.1. The van der Waals surface area contributed by atoms with Crippen molar-refractivity contribution >= 4 is 5.69 Å². The van der Waals surface area contributed by atoms with Gasteiger partial charge in [0, 0.05) is 29.9 Å². The van der Waals surface area contributed by atoms with E-state index in [1.54, 1.807) is 12.4 Å². The summed E-state index contributed by atoms with van der Waals surface area (Å²) in [4.78, 5) is 4.19. The lowest BCUT2D eigenvalue weighted by atomic mass is 9.89. The number of halogens is 4. The van der Waals surface area contributed by atoms with Crippen molar-refractivity contribution in [2.75, 3.05) is 25.3 Å². The van der Waals surface area contributed by atoms with E-state index >= 15 is 0 Å². The summed E-state index contributed by atoms with van der Waals surface area (Å²) < 4.78 is 61.7. The van der Waals surface area contributed by atoms with Crippen molar-refractivity contribution in [1.29, 1.82) is 0 Å². The molecule has 3 N–H and O–H groups in total. The number of aromatic nitrogens is 1. The molecule has 2 aliphatic rings. The summed E-state index contributed by atoms with van der Waals surface area (Å²) in [5.41, 5.74) is 4.68. The van der Waals surface area contributed by atoms with Gasteiger partial charge in [-0.05, 0) is 47.7 Å². The van der Waals surface area contributed by atoms with Gasteiger partial charge >= 0.3 is 6.18 Å². The highest BCUT2D eigenvalue weighted by Gasteiger charge is 2.57. The van der Waals surface area contributed by atoms with E-state index in [4.69, 9.17) is 9.84 Å². The van der Waals surface area contributed by atoms with Crippen molar-refractivity contribution in [2.24, 2.45) is 0 Å². The van der Waals surface area contributed by atoms with E-state index in [0.29, 0.717) is 11.1 Å². The third-order valence-corrected chi connectivity index (χ3v) is 6.63. The zero-order valence-corrected chi connectivity index (χ0v) is 19.2. The van der Waals surface area contributed by atoms with Gasteiger partial charge in [0.1, 0.15) is 18.4 Å². The zero-order valence-electron chi connectivity index (χ0n) is 19.2. The number of nitrogens with zero attached hydrogens (tertiary/aromatic N) is 1. The maximum atomic E-state index is 14.8. The van der Waals surface area contributed by atoms with Crippen LogP contribution in [0.15, 0.2) is 54.9 Å². The summed E-state index contributed by atoms with van der Waals surface area (Å²) in [5.74, 6) is -0.806. The molecular weight excluding hydrogens is 478 g/mol. The van der Waals surface area contributed by atoms with Crippen LogP contribution in [0.3, 0.4) is 0 Å². The number of pyridine rings is 1. The van der Waals surface area contributed by atoms with E-state index in [-0.39, 0.29) is 30.7 Å². The van der Waals surface area contributed by atoms with Crippen molar-refractivity contribution in [3.8, 4) is 16.9 Å². The molecule has 0 radical (unpaired) electrons. The number of benzene rings is 2. The molecule has 1 saturated carbocycles. The lowest BCUT2D eigenvalue weighted by Crippen LogP contribution is -2.40. The molecule has 190 valence electrons. The van der Waals surface area contributed by atoms with Crippen molar-refractivity contribution in [3.05, 3.63) is 77.4 Å². The number of aliphatic hydroxyl groups is 1. The summed E-state index contributed by atoms with van der Waals surface area (Å²) in [6, 6.07) is 11.5. The number of aliphatic hydroxyl groups excluding tert-OH is 1. The average molecular weight is 503 g/mol. The van der Waals surface area contributed by atoms with Gasteiger partial charge in [-0.25, -0.2) is 4.39 Å². The van der Waals surface area contributed by atoms with Gasteiger partial charge < -0.3 is 25.2 Å². The topological polar surface area (TPSA) is 75.6 Å². The molecule has 2 atom stereocenters. The summed E-state index contributed by atoms with van der Waals surface area (Å²) in [7, 11) is 0. The van der Waals surface area contributed by atoms with Crippen molar-refractivity contribution in [1.82, 2.24) is 10.3 Å². The lowest BCUT2D eigenvalue weighted by Gasteiger charge is -2.29. The van der Waals surface area contributed by atoms with Crippen LogP contribution in [0.5, 0.6) is 5.75 Å². The standard InChI is InChI=1S/C26H25F4N3O3/c27-22-10-19(36-14-26(28,29)30)2-3-20(22)16-1-4-21-17(9-16)6-8-32-25(21)11-24(25)33-23-12-31-7-5-18(23)13-35-15-34/h1-5,7,9-10,12,24,32-34H,6,8,11,13-15H2. The molecule has 1 spiro atoms. The van der Waals surface area contributed by atoms with Crippen LogP contribution < -0.4 is 15.4 Å². The first-order chi connectivity index (χ1) is 17.3. The van der Waals surface area contributed by atoms with E-state index in [0.717, 1.165) is 47.8 Å². The second-order valence-corrected chi connectivity index (χ2v) is 8.98. The van der Waals surface area contributed by atoms with Crippen LogP contribution in [0.2, 0.25) is 0 Å². The molecule has 2 unspecified atom stereocenters. The van der Waals surface area contributed by atoms with Crippen molar-refractivity contribution in [3.63, 3.8) is 0 Å². The predicted molar refractivity (Wildman–Crippen MR) is 125 cm³/mol. The molecule has 2 aromatic carbocycles. The molecule has 36 heavy (non-hydrogen) atoms. The number of fused-ring (bicyclic) bond motifs is 2. The number of anilines is 1. The highest BCUT2D eigenvalue weighted by Crippen LogP contribution is 2.51. The Morgan fingerprint density at radius 1 is 1.17 bits per heavy atom. The molecule has 0 amide bonds. The van der Waals surface area contributed by atoms with Crippen LogP contribution in [0.4, 0.5) is 23.2 Å². The molecular formula is C26H25F4N3O3. The maximum Gasteiger partial charge on any atom is 0.422 e. The first kappa shape index (κ1) is 24.5. The van der Waals surface area contributed by atoms with Crippen LogP contribution in [-0.2, 0) is 23.3 Å². The second kappa shape index (κ2) is 9.68.